The Hall–Kier alpha value is -5.48. The molecule has 0 fully saturated rings. The van der Waals surface area contributed by atoms with Gasteiger partial charge in [-0.2, -0.15) is 0 Å². The van der Waals surface area contributed by atoms with Gasteiger partial charge >= 0.3 is 0 Å². The summed E-state index contributed by atoms with van der Waals surface area (Å²) in [7, 11) is 0. The lowest BCUT2D eigenvalue weighted by Crippen LogP contribution is -2.00. The molecule has 0 radical (unpaired) electrons. The largest absolute Gasteiger partial charge is 0.256 e. The molecule has 0 N–H and O–H groups in total. The van der Waals surface area contributed by atoms with Crippen molar-refractivity contribution in [1.29, 1.82) is 0 Å². The van der Waals surface area contributed by atoms with Gasteiger partial charge in [0, 0.05) is 33.8 Å². The maximum atomic E-state index is 4.98. The summed E-state index contributed by atoms with van der Waals surface area (Å²) in [5.74, 6) is 1.90. The Labute approximate surface area is 232 Å². The Bertz CT molecular complexity index is 1950. The Balaban J connectivity index is 1.35. The van der Waals surface area contributed by atoms with Gasteiger partial charge in [0.15, 0.2) is 17.5 Å². The lowest BCUT2D eigenvalue weighted by molar-refractivity contribution is 1.07. The molecular weight excluding hydrogens is 488 g/mol. The number of rotatable bonds is 5. The van der Waals surface area contributed by atoms with E-state index in [1.165, 1.54) is 0 Å². The summed E-state index contributed by atoms with van der Waals surface area (Å²) in [6, 6.07) is 47.4. The van der Waals surface area contributed by atoms with E-state index in [-0.39, 0.29) is 0 Å². The van der Waals surface area contributed by atoms with E-state index in [4.69, 9.17) is 19.9 Å². The number of hydrogen-bond acceptors (Lipinski definition) is 4. The molecule has 0 bridgehead atoms. The minimum Gasteiger partial charge on any atom is -0.256 e. The van der Waals surface area contributed by atoms with Gasteiger partial charge in [-0.3, -0.25) is 4.98 Å². The molecule has 0 amide bonds. The Morgan fingerprint density at radius 3 is 1.48 bits per heavy atom. The van der Waals surface area contributed by atoms with Gasteiger partial charge in [0.25, 0.3) is 0 Å². The fourth-order valence-electron chi connectivity index (χ4n) is 4.88. The van der Waals surface area contributed by atoms with Gasteiger partial charge < -0.3 is 0 Å². The Kier molecular flexibility index (Phi) is 6.11. The van der Waals surface area contributed by atoms with Crippen LogP contribution in [-0.4, -0.2) is 19.9 Å². The van der Waals surface area contributed by atoms with Crippen molar-refractivity contribution in [2.75, 3.05) is 0 Å². The zero-order chi connectivity index (χ0) is 26.7. The average Bonchev–Trinajstić information content (AvgIpc) is 3.05. The molecule has 0 aliphatic heterocycles. The molecule has 2 aromatic heterocycles. The zero-order valence-electron chi connectivity index (χ0n) is 21.6. The van der Waals surface area contributed by atoms with Crippen molar-refractivity contribution in [2.24, 2.45) is 0 Å². The van der Waals surface area contributed by atoms with Crippen molar-refractivity contribution in [3.8, 4) is 56.5 Å². The summed E-state index contributed by atoms with van der Waals surface area (Å²) < 4.78 is 0. The molecule has 40 heavy (non-hydrogen) atoms. The van der Waals surface area contributed by atoms with Gasteiger partial charge in [0.2, 0.25) is 0 Å². The van der Waals surface area contributed by atoms with Gasteiger partial charge in [0.1, 0.15) is 0 Å². The fourth-order valence-corrected chi connectivity index (χ4v) is 4.88. The van der Waals surface area contributed by atoms with Gasteiger partial charge in [-0.1, -0.05) is 121 Å². The van der Waals surface area contributed by atoms with Crippen LogP contribution in [0.1, 0.15) is 0 Å². The van der Waals surface area contributed by atoms with Crippen molar-refractivity contribution in [1.82, 2.24) is 19.9 Å². The van der Waals surface area contributed by atoms with E-state index in [1.54, 1.807) is 0 Å². The van der Waals surface area contributed by atoms with E-state index in [0.29, 0.717) is 17.5 Å². The second-order valence-electron chi connectivity index (χ2n) is 9.62. The zero-order valence-corrected chi connectivity index (χ0v) is 21.6. The van der Waals surface area contributed by atoms with Crippen molar-refractivity contribution >= 4 is 10.8 Å². The molecule has 4 heteroatoms. The number of hydrogen-bond donors (Lipinski definition) is 0. The first kappa shape index (κ1) is 23.6. The predicted octanol–water partition coefficient (Wildman–Crippen LogP) is 8.75. The van der Waals surface area contributed by atoms with E-state index in [2.05, 4.69) is 66.7 Å². The molecule has 5 aromatic carbocycles. The summed E-state index contributed by atoms with van der Waals surface area (Å²) in [6.45, 7) is 0. The highest BCUT2D eigenvalue weighted by molar-refractivity contribution is 5.85. The van der Waals surface area contributed by atoms with Gasteiger partial charge in [-0.25, -0.2) is 15.0 Å². The van der Waals surface area contributed by atoms with Crippen LogP contribution in [0.5, 0.6) is 0 Å². The van der Waals surface area contributed by atoms with Gasteiger partial charge in [-0.05, 0) is 34.7 Å². The number of aromatic nitrogens is 4. The minimum atomic E-state index is 0.622. The maximum Gasteiger partial charge on any atom is 0.164 e. The fraction of sp³-hybridized carbons (Fsp3) is 0. The van der Waals surface area contributed by atoms with Crippen LogP contribution >= 0.6 is 0 Å². The molecule has 0 aliphatic carbocycles. The van der Waals surface area contributed by atoms with Gasteiger partial charge in [-0.15, -0.1) is 0 Å². The normalized spacial score (nSPS) is 11.0. The molecular formula is C36H24N4. The van der Waals surface area contributed by atoms with Crippen LogP contribution in [0.4, 0.5) is 0 Å². The SMILES string of the molecule is c1ccc(-c2cccc(-c3nc(-c4ccccc4)nc(-c4cccc(-c5cc6ccccc6cn5)c4)n3)c2)cc1. The molecule has 0 atom stereocenters. The Morgan fingerprint density at radius 2 is 0.800 bits per heavy atom. The first-order valence-electron chi connectivity index (χ1n) is 13.2. The lowest BCUT2D eigenvalue weighted by Gasteiger charge is -2.10. The first-order chi connectivity index (χ1) is 19.8. The number of pyridine rings is 1. The average molecular weight is 513 g/mol. The molecule has 0 saturated carbocycles. The first-order valence-corrected chi connectivity index (χ1v) is 13.2. The van der Waals surface area contributed by atoms with Crippen LogP contribution in [0.3, 0.4) is 0 Å². The monoisotopic (exact) mass is 512 g/mol. The van der Waals surface area contributed by atoms with Crippen molar-refractivity contribution in [3.05, 3.63) is 146 Å². The highest BCUT2D eigenvalue weighted by Crippen LogP contribution is 2.30. The summed E-state index contributed by atoms with van der Waals surface area (Å²) in [6.07, 6.45) is 1.92. The van der Waals surface area contributed by atoms with Crippen LogP contribution in [-0.2, 0) is 0 Å². The smallest absolute Gasteiger partial charge is 0.164 e. The molecule has 0 aliphatic rings. The molecule has 0 unspecified atom stereocenters. The lowest BCUT2D eigenvalue weighted by atomic mass is 10.0. The van der Waals surface area contributed by atoms with Crippen LogP contribution in [0, 0.1) is 0 Å². The van der Waals surface area contributed by atoms with E-state index in [0.717, 1.165) is 49.8 Å². The molecule has 4 nitrogen and oxygen atoms in total. The highest BCUT2D eigenvalue weighted by Gasteiger charge is 2.14. The summed E-state index contributed by atoms with van der Waals surface area (Å²) in [5.41, 5.74) is 6.98. The molecule has 188 valence electrons. The Morgan fingerprint density at radius 1 is 0.325 bits per heavy atom. The topological polar surface area (TPSA) is 51.6 Å². The van der Waals surface area contributed by atoms with Crippen molar-refractivity contribution < 1.29 is 0 Å². The molecule has 7 aromatic rings. The summed E-state index contributed by atoms with van der Waals surface area (Å²) >= 11 is 0. The highest BCUT2D eigenvalue weighted by atomic mass is 15.0. The third-order valence-corrected chi connectivity index (χ3v) is 6.94. The quantitative estimate of drug-likeness (QED) is 0.231. The second kappa shape index (κ2) is 10.4. The van der Waals surface area contributed by atoms with Gasteiger partial charge in [0.05, 0.1) is 5.69 Å². The molecule has 2 heterocycles. The van der Waals surface area contributed by atoms with Crippen LogP contribution in [0.15, 0.2) is 146 Å². The predicted molar refractivity (Wildman–Crippen MR) is 162 cm³/mol. The third-order valence-electron chi connectivity index (χ3n) is 6.94. The van der Waals surface area contributed by atoms with Crippen LogP contribution in [0.25, 0.3) is 67.3 Å². The van der Waals surface area contributed by atoms with Crippen molar-refractivity contribution in [3.63, 3.8) is 0 Å². The second-order valence-corrected chi connectivity index (χ2v) is 9.62. The number of benzene rings is 5. The van der Waals surface area contributed by atoms with Crippen molar-refractivity contribution in [2.45, 2.75) is 0 Å². The van der Waals surface area contributed by atoms with E-state index < -0.39 is 0 Å². The third kappa shape index (κ3) is 4.74. The number of nitrogens with zero attached hydrogens (tertiary/aromatic N) is 4. The summed E-state index contributed by atoms with van der Waals surface area (Å²) in [5, 5.41) is 2.28. The number of fused-ring (bicyclic) bond motifs is 1. The summed E-state index contributed by atoms with van der Waals surface area (Å²) in [4.78, 5) is 19.5. The van der Waals surface area contributed by atoms with E-state index in [9.17, 15) is 0 Å². The minimum absolute atomic E-state index is 0.622. The van der Waals surface area contributed by atoms with Crippen LogP contribution in [0.2, 0.25) is 0 Å². The molecule has 0 saturated heterocycles. The standard InChI is InChI=1S/C36H24N4/c1-3-11-25(12-4-1)27-17-9-19-30(21-27)35-38-34(26-13-5-2-6-14-26)39-36(40-35)31-20-10-18-29(22-31)33-23-28-15-7-8-16-32(28)24-37-33/h1-24H. The molecule has 7 rings (SSSR count). The molecule has 0 spiro atoms. The van der Waals surface area contributed by atoms with E-state index >= 15 is 0 Å². The maximum absolute atomic E-state index is 4.98. The van der Waals surface area contributed by atoms with Crippen LogP contribution < -0.4 is 0 Å². The van der Waals surface area contributed by atoms with E-state index in [1.807, 2.05) is 79.0 Å².